The zero-order valence-corrected chi connectivity index (χ0v) is 8.72. The van der Waals surface area contributed by atoms with E-state index in [1.54, 1.807) is 0 Å². The van der Waals surface area contributed by atoms with Crippen molar-refractivity contribution in [2.24, 2.45) is 0 Å². The summed E-state index contributed by atoms with van der Waals surface area (Å²) in [6.45, 7) is 0.396. The lowest BCUT2D eigenvalue weighted by Gasteiger charge is -2.07. The molecular weight excluding hydrogens is 208 g/mol. The van der Waals surface area contributed by atoms with Crippen LogP contribution in [0.2, 0.25) is 0 Å². The van der Waals surface area contributed by atoms with E-state index in [0.717, 1.165) is 12.8 Å². The van der Waals surface area contributed by atoms with Crippen molar-refractivity contribution >= 4 is 5.97 Å². The zero-order chi connectivity index (χ0) is 11.8. The Balaban J connectivity index is 2.47. The second-order valence-corrected chi connectivity index (χ2v) is 3.14. The lowest BCUT2D eigenvalue weighted by molar-refractivity contribution is 0.0692. The molecule has 0 unspecified atom stereocenters. The van der Waals surface area contributed by atoms with Gasteiger partial charge in [-0.05, 0) is 18.9 Å². The number of hydrogen-bond acceptors (Lipinski definition) is 4. The Labute approximate surface area is 93.3 Å². The van der Waals surface area contributed by atoms with Crippen LogP contribution < -0.4 is 4.74 Å². The summed E-state index contributed by atoms with van der Waals surface area (Å²) in [5.41, 5.74) is 0.107. The van der Waals surface area contributed by atoms with Gasteiger partial charge in [-0.3, -0.25) is 4.98 Å². The largest absolute Gasteiger partial charge is 0.491 e. The molecule has 1 aromatic heterocycles. The van der Waals surface area contributed by atoms with Crippen molar-refractivity contribution in [2.45, 2.75) is 19.3 Å². The summed E-state index contributed by atoms with van der Waals surface area (Å²) in [5, 5.41) is 17.2. The summed E-state index contributed by atoms with van der Waals surface area (Å²) >= 11 is 0. The molecule has 0 saturated heterocycles. The van der Waals surface area contributed by atoms with Crippen LogP contribution in [0.1, 0.15) is 29.6 Å². The number of nitrogens with zero attached hydrogens (tertiary/aromatic N) is 2. The predicted molar refractivity (Wildman–Crippen MR) is 56.2 cm³/mol. The second-order valence-electron chi connectivity index (χ2n) is 3.14. The van der Waals surface area contributed by atoms with Crippen molar-refractivity contribution in [1.82, 2.24) is 4.98 Å². The minimum atomic E-state index is -1.03. The van der Waals surface area contributed by atoms with Crippen LogP contribution in [0.5, 0.6) is 5.75 Å². The highest BCUT2D eigenvalue weighted by atomic mass is 16.5. The summed E-state index contributed by atoms with van der Waals surface area (Å²) in [5.74, 6) is -0.763. The van der Waals surface area contributed by atoms with E-state index < -0.39 is 5.97 Å². The number of pyridine rings is 1. The number of ether oxygens (including phenoxy) is 1. The highest BCUT2D eigenvalue weighted by Crippen LogP contribution is 2.16. The van der Waals surface area contributed by atoms with Crippen molar-refractivity contribution in [3.63, 3.8) is 0 Å². The van der Waals surface area contributed by atoms with Crippen LogP contribution in [0.4, 0.5) is 0 Å². The van der Waals surface area contributed by atoms with Gasteiger partial charge in [0.2, 0.25) is 0 Å². The number of aromatic nitrogens is 1. The van der Waals surface area contributed by atoms with E-state index in [0.29, 0.717) is 13.0 Å². The normalized spacial score (nSPS) is 9.44. The molecule has 0 amide bonds. The van der Waals surface area contributed by atoms with E-state index >= 15 is 0 Å². The molecule has 1 aromatic rings. The van der Waals surface area contributed by atoms with Crippen LogP contribution >= 0.6 is 0 Å². The van der Waals surface area contributed by atoms with Gasteiger partial charge in [-0.1, -0.05) is 0 Å². The summed E-state index contributed by atoms with van der Waals surface area (Å²) in [4.78, 5) is 14.6. The molecule has 16 heavy (non-hydrogen) atoms. The smallest absolute Gasteiger partial charge is 0.339 e. The first-order valence-corrected chi connectivity index (χ1v) is 4.92. The first kappa shape index (κ1) is 12.0. The molecule has 1 heterocycles. The molecule has 0 saturated carbocycles. The van der Waals surface area contributed by atoms with Gasteiger partial charge in [0.05, 0.1) is 18.9 Å². The quantitative estimate of drug-likeness (QED) is 0.739. The molecule has 5 heteroatoms. The molecule has 0 fully saturated rings. The number of hydrogen-bond donors (Lipinski definition) is 1. The van der Waals surface area contributed by atoms with E-state index in [4.69, 9.17) is 15.1 Å². The Morgan fingerprint density at radius 1 is 1.56 bits per heavy atom. The number of aromatic carboxylic acids is 1. The highest BCUT2D eigenvalue weighted by molar-refractivity contribution is 5.90. The topological polar surface area (TPSA) is 83.2 Å². The zero-order valence-electron chi connectivity index (χ0n) is 8.72. The van der Waals surface area contributed by atoms with Crippen LogP contribution in [-0.2, 0) is 0 Å². The van der Waals surface area contributed by atoms with Crippen LogP contribution in [0, 0.1) is 11.3 Å². The maximum absolute atomic E-state index is 10.8. The molecule has 84 valence electrons. The Kier molecular flexibility index (Phi) is 4.80. The van der Waals surface area contributed by atoms with Gasteiger partial charge in [-0.2, -0.15) is 5.26 Å². The van der Waals surface area contributed by atoms with Crippen LogP contribution in [0.3, 0.4) is 0 Å². The Morgan fingerprint density at radius 3 is 3.06 bits per heavy atom. The Bertz CT molecular complexity index is 398. The first-order chi connectivity index (χ1) is 7.75. The molecule has 0 aliphatic rings. The predicted octanol–water partition coefficient (Wildman–Crippen LogP) is 1.85. The van der Waals surface area contributed by atoms with Crippen molar-refractivity contribution < 1.29 is 14.6 Å². The van der Waals surface area contributed by atoms with Crippen molar-refractivity contribution in [3.8, 4) is 11.8 Å². The lowest BCUT2D eigenvalue weighted by atomic mass is 10.2. The maximum atomic E-state index is 10.8. The van der Waals surface area contributed by atoms with Gasteiger partial charge in [0.1, 0.15) is 5.56 Å². The fourth-order valence-electron chi connectivity index (χ4n) is 1.16. The van der Waals surface area contributed by atoms with Gasteiger partial charge in [0, 0.05) is 12.6 Å². The van der Waals surface area contributed by atoms with Gasteiger partial charge in [0.15, 0.2) is 5.75 Å². The van der Waals surface area contributed by atoms with E-state index in [1.807, 2.05) is 6.07 Å². The molecule has 0 radical (unpaired) electrons. The number of carbonyl (C=O) groups is 1. The maximum Gasteiger partial charge on any atom is 0.339 e. The molecule has 5 nitrogen and oxygen atoms in total. The fraction of sp³-hybridized carbons (Fsp3) is 0.364. The third-order valence-corrected chi connectivity index (χ3v) is 1.96. The average molecular weight is 220 g/mol. The molecular formula is C11H12N2O3. The molecule has 0 atom stereocenters. The molecule has 1 rings (SSSR count). The third kappa shape index (κ3) is 3.58. The molecule has 1 N–H and O–H groups in total. The van der Waals surface area contributed by atoms with Gasteiger partial charge in [-0.15, -0.1) is 0 Å². The van der Waals surface area contributed by atoms with E-state index in [-0.39, 0.29) is 11.3 Å². The Morgan fingerprint density at radius 2 is 2.38 bits per heavy atom. The summed E-state index contributed by atoms with van der Waals surface area (Å²) in [6, 6.07) is 3.43. The lowest BCUT2D eigenvalue weighted by Crippen LogP contribution is -2.04. The Hall–Kier alpha value is -2.09. The van der Waals surface area contributed by atoms with Crippen LogP contribution in [-0.4, -0.2) is 22.7 Å². The molecule has 0 aromatic carbocycles. The highest BCUT2D eigenvalue weighted by Gasteiger charge is 2.10. The summed E-state index contributed by atoms with van der Waals surface area (Å²) < 4.78 is 5.29. The minimum absolute atomic E-state index is 0.107. The number of carboxylic acid groups (broad SMARTS) is 1. The van der Waals surface area contributed by atoms with E-state index in [2.05, 4.69) is 4.98 Å². The van der Waals surface area contributed by atoms with Crippen molar-refractivity contribution in [2.75, 3.05) is 6.61 Å². The molecule has 0 aliphatic carbocycles. The van der Waals surface area contributed by atoms with Crippen molar-refractivity contribution in [3.05, 3.63) is 24.0 Å². The number of nitriles is 1. The van der Waals surface area contributed by atoms with Crippen LogP contribution in [0.25, 0.3) is 0 Å². The number of rotatable bonds is 6. The summed E-state index contributed by atoms with van der Waals surface area (Å²) in [6.07, 6.45) is 4.75. The standard InChI is InChI=1S/C11H12N2O3/c12-5-2-1-3-7-16-10-8-13-6-4-9(10)11(14)15/h4,6,8H,1-3,7H2,(H,14,15). The van der Waals surface area contributed by atoms with Gasteiger partial charge < -0.3 is 9.84 Å². The van der Waals surface area contributed by atoms with Gasteiger partial charge in [-0.25, -0.2) is 4.79 Å². The summed E-state index contributed by atoms with van der Waals surface area (Å²) in [7, 11) is 0. The number of carboxylic acids is 1. The van der Waals surface area contributed by atoms with E-state index in [9.17, 15) is 4.79 Å². The first-order valence-electron chi connectivity index (χ1n) is 4.92. The van der Waals surface area contributed by atoms with Crippen LogP contribution in [0.15, 0.2) is 18.5 Å². The number of unbranched alkanes of at least 4 members (excludes halogenated alkanes) is 2. The minimum Gasteiger partial charge on any atom is -0.491 e. The monoisotopic (exact) mass is 220 g/mol. The van der Waals surface area contributed by atoms with Crippen molar-refractivity contribution in [1.29, 1.82) is 5.26 Å². The van der Waals surface area contributed by atoms with E-state index in [1.165, 1.54) is 18.5 Å². The fourth-order valence-corrected chi connectivity index (χ4v) is 1.16. The molecule has 0 aliphatic heterocycles. The van der Waals surface area contributed by atoms with Gasteiger partial charge >= 0.3 is 5.97 Å². The average Bonchev–Trinajstić information content (AvgIpc) is 2.29. The second kappa shape index (κ2) is 6.40. The SMILES string of the molecule is N#CCCCCOc1cnccc1C(=O)O. The third-order valence-electron chi connectivity index (χ3n) is 1.96. The molecule has 0 bridgehead atoms. The molecule has 0 spiro atoms. The van der Waals surface area contributed by atoms with Gasteiger partial charge in [0.25, 0.3) is 0 Å².